The van der Waals surface area contributed by atoms with Gasteiger partial charge in [0, 0.05) is 26.2 Å². The highest BCUT2D eigenvalue weighted by Crippen LogP contribution is 2.23. The number of morpholine rings is 1. The van der Waals surface area contributed by atoms with Crippen molar-refractivity contribution in [3.05, 3.63) is 64.5 Å². The molecule has 0 saturated carbocycles. The maximum atomic E-state index is 14.3. The molecule has 1 N–H and O–H groups in total. The number of carbonyl (C=O) groups is 1. The molecule has 0 radical (unpaired) electrons. The van der Waals surface area contributed by atoms with Crippen LogP contribution in [0.25, 0.3) is 0 Å². The Hall–Kier alpha value is -2.95. The predicted molar refractivity (Wildman–Crippen MR) is 112 cm³/mol. The largest absolute Gasteiger partial charge is 0.465 e. The Morgan fingerprint density at radius 1 is 1.23 bits per heavy atom. The first-order chi connectivity index (χ1) is 14.4. The molecule has 0 spiro atoms. The zero-order chi connectivity index (χ0) is 21.7. The number of esters is 1. The summed E-state index contributed by atoms with van der Waals surface area (Å²) in [4.78, 5) is 14.3. The molecule has 30 heavy (non-hydrogen) atoms. The van der Waals surface area contributed by atoms with Gasteiger partial charge in [0.2, 0.25) is 0 Å². The van der Waals surface area contributed by atoms with Crippen LogP contribution in [0.4, 0.5) is 10.1 Å². The molecule has 7 heteroatoms. The molecule has 158 valence electrons. The summed E-state index contributed by atoms with van der Waals surface area (Å²) >= 11 is 0. The van der Waals surface area contributed by atoms with Crippen LogP contribution in [0.15, 0.2) is 36.4 Å². The fraction of sp³-hybridized carbons (Fsp3) is 0.391. The highest BCUT2D eigenvalue weighted by Gasteiger charge is 2.22. The summed E-state index contributed by atoms with van der Waals surface area (Å²) in [6.45, 7) is 7.22. The van der Waals surface area contributed by atoms with Crippen molar-refractivity contribution < 1.29 is 18.7 Å². The van der Waals surface area contributed by atoms with E-state index in [0.717, 1.165) is 31.3 Å². The van der Waals surface area contributed by atoms with E-state index in [-0.39, 0.29) is 29.0 Å². The van der Waals surface area contributed by atoms with Crippen molar-refractivity contribution in [1.29, 1.82) is 5.26 Å². The third kappa shape index (κ3) is 5.35. The van der Waals surface area contributed by atoms with Crippen LogP contribution < -0.4 is 5.32 Å². The Kier molecular flexibility index (Phi) is 7.03. The fourth-order valence-corrected chi connectivity index (χ4v) is 3.75. The molecule has 2 aromatic carbocycles. The van der Waals surface area contributed by atoms with Crippen LogP contribution in [0.2, 0.25) is 0 Å². The maximum Gasteiger partial charge on any atom is 0.342 e. The van der Waals surface area contributed by atoms with Crippen LogP contribution in [0, 0.1) is 17.1 Å². The molecule has 0 amide bonds. The average molecular weight is 411 g/mol. The summed E-state index contributed by atoms with van der Waals surface area (Å²) < 4.78 is 24.7. The summed E-state index contributed by atoms with van der Waals surface area (Å²) in [6, 6.07) is 12.5. The molecule has 6 nitrogen and oxygen atoms in total. The molecule has 0 aromatic heterocycles. The van der Waals surface area contributed by atoms with Crippen molar-refractivity contribution in [2.75, 3.05) is 25.5 Å². The van der Waals surface area contributed by atoms with E-state index in [1.165, 1.54) is 18.7 Å². The predicted octanol–water partition coefficient (Wildman–Crippen LogP) is 3.71. The molecule has 1 aliphatic heterocycles. The van der Waals surface area contributed by atoms with Gasteiger partial charge in [0.25, 0.3) is 0 Å². The van der Waals surface area contributed by atoms with E-state index in [1.807, 2.05) is 18.2 Å². The molecule has 0 aliphatic carbocycles. The van der Waals surface area contributed by atoms with Crippen LogP contribution >= 0.6 is 0 Å². The Morgan fingerprint density at radius 2 is 1.87 bits per heavy atom. The van der Waals surface area contributed by atoms with Crippen molar-refractivity contribution >= 4 is 11.7 Å². The highest BCUT2D eigenvalue weighted by molar-refractivity contribution is 5.96. The number of rotatable bonds is 6. The first-order valence-corrected chi connectivity index (χ1v) is 9.91. The van der Waals surface area contributed by atoms with E-state index in [0.29, 0.717) is 6.54 Å². The van der Waals surface area contributed by atoms with E-state index in [9.17, 15) is 9.18 Å². The number of methoxy groups -OCH3 is 1. The summed E-state index contributed by atoms with van der Waals surface area (Å²) in [5, 5.41) is 12.1. The lowest BCUT2D eigenvalue weighted by atomic mass is 10.1. The van der Waals surface area contributed by atoms with E-state index in [2.05, 4.69) is 40.9 Å². The summed E-state index contributed by atoms with van der Waals surface area (Å²) in [7, 11) is 1.19. The topological polar surface area (TPSA) is 74.6 Å². The number of halogens is 1. The minimum Gasteiger partial charge on any atom is -0.465 e. The zero-order valence-electron chi connectivity index (χ0n) is 17.4. The van der Waals surface area contributed by atoms with Crippen LogP contribution in [-0.2, 0) is 22.6 Å². The number of nitrogens with zero attached hydrogens (tertiary/aromatic N) is 2. The van der Waals surface area contributed by atoms with Gasteiger partial charge in [-0.15, -0.1) is 0 Å². The van der Waals surface area contributed by atoms with E-state index < -0.39 is 11.8 Å². The van der Waals surface area contributed by atoms with Crippen LogP contribution in [0.3, 0.4) is 0 Å². The molecule has 2 aromatic rings. The quantitative estimate of drug-likeness (QED) is 0.731. The molecule has 0 bridgehead atoms. The van der Waals surface area contributed by atoms with Gasteiger partial charge in [-0.05, 0) is 37.1 Å². The minimum absolute atomic E-state index is 0.131. The van der Waals surface area contributed by atoms with Crippen molar-refractivity contribution in [3.63, 3.8) is 0 Å². The zero-order valence-corrected chi connectivity index (χ0v) is 17.4. The van der Waals surface area contributed by atoms with Crippen LogP contribution in [0.1, 0.15) is 40.9 Å². The Balaban J connectivity index is 1.67. The molecular formula is C23H26FN3O3. The number of nitriles is 1. The normalized spacial score (nSPS) is 19.2. The number of nitrogens with one attached hydrogen (secondary N) is 1. The maximum absolute atomic E-state index is 14.3. The van der Waals surface area contributed by atoms with Crippen LogP contribution in [-0.4, -0.2) is 43.3 Å². The van der Waals surface area contributed by atoms with Gasteiger partial charge in [-0.2, -0.15) is 5.26 Å². The fourth-order valence-electron chi connectivity index (χ4n) is 3.75. The van der Waals surface area contributed by atoms with Crippen molar-refractivity contribution in [3.8, 4) is 6.07 Å². The van der Waals surface area contributed by atoms with Gasteiger partial charge in [0.15, 0.2) is 0 Å². The number of hydrogen-bond donors (Lipinski definition) is 1. The second-order valence-corrected chi connectivity index (χ2v) is 7.61. The SMILES string of the molecule is COC(=O)c1c(F)cc(C#N)cc1NCc1ccc(CN2CC(C)OC(C)C2)cc1. The Morgan fingerprint density at radius 3 is 2.47 bits per heavy atom. The van der Waals surface area contributed by atoms with Gasteiger partial charge >= 0.3 is 5.97 Å². The Bertz CT molecular complexity index is 930. The van der Waals surface area contributed by atoms with E-state index in [1.54, 1.807) is 0 Å². The van der Waals surface area contributed by atoms with Gasteiger partial charge in [-0.3, -0.25) is 4.90 Å². The summed E-state index contributed by atoms with van der Waals surface area (Å²) in [5.41, 5.74) is 2.34. The van der Waals surface area contributed by atoms with Crippen molar-refractivity contribution in [1.82, 2.24) is 4.90 Å². The van der Waals surface area contributed by atoms with Crippen LogP contribution in [0.5, 0.6) is 0 Å². The van der Waals surface area contributed by atoms with E-state index in [4.69, 9.17) is 10.00 Å². The van der Waals surface area contributed by atoms with Crippen molar-refractivity contribution in [2.24, 2.45) is 0 Å². The summed E-state index contributed by atoms with van der Waals surface area (Å²) in [6.07, 6.45) is 0.455. The number of hydrogen-bond acceptors (Lipinski definition) is 6. The molecule has 1 saturated heterocycles. The van der Waals surface area contributed by atoms with Gasteiger partial charge in [0.05, 0.1) is 36.6 Å². The second kappa shape index (κ2) is 9.70. The second-order valence-electron chi connectivity index (χ2n) is 7.61. The van der Waals surface area contributed by atoms with Gasteiger partial charge in [0.1, 0.15) is 11.4 Å². The Labute approximate surface area is 176 Å². The molecule has 1 heterocycles. The first-order valence-electron chi connectivity index (χ1n) is 9.91. The summed E-state index contributed by atoms with van der Waals surface area (Å²) in [5.74, 6) is -1.57. The molecule has 2 atom stereocenters. The lowest BCUT2D eigenvalue weighted by molar-refractivity contribution is -0.0704. The third-order valence-electron chi connectivity index (χ3n) is 5.02. The highest BCUT2D eigenvalue weighted by atomic mass is 19.1. The number of ether oxygens (including phenoxy) is 2. The first kappa shape index (κ1) is 21.8. The minimum atomic E-state index is -0.788. The number of benzene rings is 2. The smallest absolute Gasteiger partial charge is 0.342 e. The van der Waals surface area contributed by atoms with Gasteiger partial charge in [-0.1, -0.05) is 24.3 Å². The lowest BCUT2D eigenvalue weighted by Gasteiger charge is -2.35. The standard InChI is InChI=1S/C23H26FN3O3/c1-15-12-27(13-16(2)30-15)14-18-6-4-17(5-7-18)11-26-21-9-19(10-25)8-20(24)22(21)23(28)29-3/h4-9,15-16,26H,11-14H2,1-3H3. The lowest BCUT2D eigenvalue weighted by Crippen LogP contribution is -2.44. The average Bonchev–Trinajstić information content (AvgIpc) is 2.71. The molecule has 1 fully saturated rings. The molecule has 2 unspecified atom stereocenters. The monoisotopic (exact) mass is 411 g/mol. The van der Waals surface area contributed by atoms with Gasteiger partial charge < -0.3 is 14.8 Å². The van der Waals surface area contributed by atoms with E-state index >= 15 is 0 Å². The molecular weight excluding hydrogens is 385 g/mol. The van der Waals surface area contributed by atoms with Crippen molar-refractivity contribution in [2.45, 2.75) is 39.1 Å². The molecule has 3 rings (SSSR count). The number of carbonyl (C=O) groups excluding carboxylic acids is 1. The number of anilines is 1. The molecule has 1 aliphatic rings. The van der Waals surface area contributed by atoms with Gasteiger partial charge in [-0.25, -0.2) is 9.18 Å². The third-order valence-corrected chi connectivity index (χ3v) is 5.02.